The van der Waals surface area contributed by atoms with Gasteiger partial charge < -0.3 is 9.67 Å². The average Bonchev–Trinajstić information content (AvgIpc) is 2.89. The molecule has 1 unspecified atom stereocenters. The highest BCUT2D eigenvalue weighted by Crippen LogP contribution is 2.35. The number of aromatic nitrogens is 3. The third kappa shape index (κ3) is 2.60. The summed E-state index contributed by atoms with van der Waals surface area (Å²) < 4.78 is 2.25. The molecule has 0 radical (unpaired) electrons. The Morgan fingerprint density at radius 3 is 2.88 bits per heavy atom. The molecule has 0 amide bonds. The lowest BCUT2D eigenvalue weighted by Gasteiger charge is -2.26. The largest absolute Gasteiger partial charge is 0.382 e. The van der Waals surface area contributed by atoms with Crippen molar-refractivity contribution in [1.29, 1.82) is 0 Å². The molecule has 0 spiro atoms. The number of benzene rings is 1. The quantitative estimate of drug-likeness (QED) is 0.786. The van der Waals surface area contributed by atoms with Crippen molar-refractivity contribution in [3.05, 3.63) is 58.8 Å². The van der Waals surface area contributed by atoms with Crippen LogP contribution in [0.2, 0.25) is 5.02 Å². The third-order valence-electron chi connectivity index (χ3n) is 4.94. The first-order chi connectivity index (χ1) is 11.6. The molecule has 3 aromatic rings. The van der Waals surface area contributed by atoms with Crippen molar-refractivity contribution in [3.8, 4) is 0 Å². The van der Waals surface area contributed by atoms with Crippen LogP contribution in [0.25, 0.3) is 10.9 Å². The number of rotatable bonds is 3. The number of aliphatic hydroxyl groups is 1. The van der Waals surface area contributed by atoms with E-state index >= 15 is 0 Å². The Hall–Kier alpha value is -1.91. The number of aryl methyl sites for hydroxylation is 1. The summed E-state index contributed by atoms with van der Waals surface area (Å²) in [5, 5.41) is 13.0. The predicted molar refractivity (Wildman–Crippen MR) is 95.2 cm³/mol. The van der Waals surface area contributed by atoms with Gasteiger partial charge in [-0.15, -0.1) is 0 Å². The Morgan fingerprint density at radius 2 is 2.08 bits per heavy atom. The van der Waals surface area contributed by atoms with Gasteiger partial charge >= 0.3 is 0 Å². The monoisotopic (exact) mass is 341 g/mol. The third-order valence-corrected chi connectivity index (χ3v) is 5.17. The van der Waals surface area contributed by atoms with Gasteiger partial charge in [0.2, 0.25) is 0 Å². The van der Waals surface area contributed by atoms with Gasteiger partial charge in [-0.25, -0.2) is 9.97 Å². The van der Waals surface area contributed by atoms with Crippen LogP contribution in [0.5, 0.6) is 0 Å². The second kappa shape index (κ2) is 5.87. The summed E-state index contributed by atoms with van der Waals surface area (Å²) in [7, 11) is 0. The summed E-state index contributed by atoms with van der Waals surface area (Å²) >= 11 is 6.22. The van der Waals surface area contributed by atoms with Crippen LogP contribution in [0.3, 0.4) is 0 Å². The van der Waals surface area contributed by atoms with Crippen LogP contribution in [0.4, 0.5) is 0 Å². The first kappa shape index (κ1) is 15.6. The van der Waals surface area contributed by atoms with Gasteiger partial charge in [0.1, 0.15) is 11.9 Å². The summed E-state index contributed by atoms with van der Waals surface area (Å²) in [5.41, 5.74) is 3.43. The van der Waals surface area contributed by atoms with Crippen LogP contribution >= 0.6 is 11.6 Å². The fourth-order valence-corrected chi connectivity index (χ4v) is 3.96. The van der Waals surface area contributed by atoms with E-state index in [4.69, 9.17) is 11.6 Å². The zero-order valence-electron chi connectivity index (χ0n) is 13.7. The molecule has 0 saturated carbocycles. The van der Waals surface area contributed by atoms with Crippen molar-refractivity contribution in [2.45, 2.75) is 44.8 Å². The Morgan fingerprint density at radius 1 is 1.25 bits per heavy atom. The summed E-state index contributed by atoms with van der Waals surface area (Å²) in [6.45, 7) is 2.28. The molecule has 1 atom stereocenters. The van der Waals surface area contributed by atoms with Gasteiger partial charge in [0, 0.05) is 27.8 Å². The van der Waals surface area contributed by atoms with Crippen molar-refractivity contribution >= 4 is 22.5 Å². The van der Waals surface area contributed by atoms with E-state index in [1.54, 1.807) is 12.3 Å². The second-order valence-corrected chi connectivity index (χ2v) is 7.18. The molecule has 24 heavy (non-hydrogen) atoms. The van der Waals surface area contributed by atoms with Gasteiger partial charge in [-0.2, -0.15) is 0 Å². The molecule has 2 aromatic heterocycles. The summed E-state index contributed by atoms with van der Waals surface area (Å²) in [4.78, 5) is 8.18. The lowest BCUT2D eigenvalue weighted by atomic mass is 9.95. The standard InChI is InChI=1S/C19H20ClN3O/c1-19(24,18-8-9-21-12-22-18)11-23-16-5-3-2-4-14(16)15-10-13(20)6-7-17(15)23/h6-10,12,24H,2-5,11H2,1H3. The molecule has 4 nitrogen and oxygen atoms in total. The second-order valence-electron chi connectivity index (χ2n) is 6.75. The number of hydrogen-bond acceptors (Lipinski definition) is 3. The van der Waals surface area contributed by atoms with Crippen LogP contribution in [-0.2, 0) is 25.0 Å². The van der Waals surface area contributed by atoms with Crippen LogP contribution in [0, 0.1) is 0 Å². The predicted octanol–water partition coefficient (Wildman–Crippen LogP) is 3.87. The van der Waals surface area contributed by atoms with E-state index in [9.17, 15) is 5.11 Å². The van der Waals surface area contributed by atoms with Gasteiger partial charge in [-0.3, -0.25) is 0 Å². The number of nitrogens with zero attached hydrogens (tertiary/aromatic N) is 3. The Balaban J connectivity index is 1.85. The van der Waals surface area contributed by atoms with Crippen LogP contribution in [0.15, 0.2) is 36.8 Å². The highest BCUT2D eigenvalue weighted by Gasteiger charge is 2.29. The fourth-order valence-electron chi connectivity index (χ4n) is 3.79. The molecule has 124 valence electrons. The summed E-state index contributed by atoms with van der Waals surface area (Å²) in [6, 6.07) is 7.81. The lowest BCUT2D eigenvalue weighted by molar-refractivity contribution is 0.0341. The van der Waals surface area contributed by atoms with E-state index in [1.165, 1.54) is 35.8 Å². The van der Waals surface area contributed by atoms with Crippen molar-refractivity contribution < 1.29 is 5.11 Å². The van der Waals surface area contributed by atoms with Crippen LogP contribution in [-0.4, -0.2) is 19.6 Å². The molecule has 4 rings (SSSR count). The molecule has 2 heterocycles. The maximum atomic E-state index is 11.0. The molecular formula is C19H20ClN3O. The maximum Gasteiger partial charge on any atom is 0.122 e. The van der Waals surface area contributed by atoms with Gasteiger partial charge in [-0.1, -0.05) is 11.6 Å². The molecular weight excluding hydrogens is 322 g/mol. The van der Waals surface area contributed by atoms with Crippen LogP contribution in [0.1, 0.15) is 36.7 Å². The Labute approximate surface area is 146 Å². The Kier molecular flexibility index (Phi) is 3.82. The van der Waals surface area contributed by atoms with E-state index < -0.39 is 5.60 Å². The number of fused-ring (bicyclic) bond motifs is 3. The van der Waals surface area contributed by atoms with E-state index in [2.05, 4.69) is 26.7 Å². The van der Waals surface area contributed by atoms with Crippen LogP contribution < -0.4 is 0 Å². The average molecular weight is 342 g/mol. The summed E-state index contributed by atoms with van der Waals surface area (Å²) in [5.74, 6) is 0. The molecule has 1 aromatic carbocycles. The number of halogens is 1. The minimum atomic E-state index is -1.06. The summed E-state index contributed by atoms with van der Waals surface area (Å²) in [6.07, 6.45) is 7.66. The maximum absolute atomic E-state index is 11.0. The van der Waals surface area contributed by atoms with E-state index in [0.29, 0.717) is 12.2 Å². The van der Waals surface area contributed by atoms with Gasteiger partial charge in [0.05, 0.1) is 12.2 Å². The highest BCUT2D eigenvalue weighted by atomic mass is 35.5. The molecule has 0 bridgehead atoms. The van der Waals surface area contributed by atoms with Crippen molar-refractivity contribution in [3.63, 3.8) is 0 Å². The van der Waals surface area contributed by atoms with Crippen molar-refractivity contribution in [2.24, 2.45) is 0 Å². The van der Waals surface area contributed by atoms with Crippen molar-refractivity contribution in [2.75, 3.05) is 0 Å². The zero-order chi connectivity index (χ0) is 16.7. The molecule has 5 heteroatoms. The van der Waals surface area contributed by atoms with Gasteiger partial charge in [-0.05, 0) is 62.4 Å². The fraction of sp³-hybridized carbons (Fsp3) is 0.368. The number of hydrogen-bond donors (Lipinski definition) is 1. The Bertz CT molecular complexity index is 887. The zero-order valence-corrected chi connectivity index (χ0v) is 14.4. The van der Waals surface area contributed by atoms with E-state index in [0.717, 1.165) is 23.4 Å². The van der Waals surface area contributed by atoms with Gasteiger partial charge in [0.15, 0.2) is 0 Å². The van der Waals surface area contributed by atoms with Crippen molar-refractivity contribution in [1.82, 2.24) is 14.5 Å². The SMILES string of the molecule is CC(O)(Cn1c2c(c3cc(Cl)ccc31)CCCC2)c1ccncn1. The first-order valence-electron chi connectivity index (χ1n) is 8.34. The molecule has 1 N–H and O–H groups in total. The highest BCUT2D eigenvalue weighted by molar-refractivity contribution is 6.31. The topological polar surface area (TPSA) is 50.9 Å². The van der Waals surface area contributed by atoms with E-state index in [1.807, 2.05) is 13.0 Å². The molecule has 0 saturated heterocycles. The smallest absolute Gasteiger partial charge is 0.122 e. The van der Waals surface area contributed by atoms with Gasteiger partial charge in [0.25, 0.3) is 0 Å². The lowest BCUT2D eigenvalue weighted by Crippen LogP contribution is -2.30. The normalized spacial score (nSPS) is 16.8. The molecule has 0 aliphatic heterocycles. The first-order valence-corrected chi connectivity index (χ1v) is 8.72. The minimum Gasteiger partial charge on any atom is -0.382 e. The minimum absolute atomic E-state index is 0.470. The molecule has 1 aliphatic rings. The molecule has 1 aliphatic carbocycles. The molecule has 0 fully saturated rings. The van der Waals surface area contributed by atoms with E-state index in [-0.39, 0.29) is 0 Å².